The number of halogens is 1. The van der Waals surface area contributed by atoms with E-state index in [0.717, 1.165) is 0 Å². The van der Waals surface area contributed by atoms with Crippen molar-refractivity contribution in [1.82, 2.24) is 4.90 Å². The molecular formula is C13H13FN2O2. The van der Waals surface area contributed by atoms with Crippen molar-refractivity contribution in [2.24, 2.45) is 5.92 Å². The highest BCUT2D eigenvalue weighted by atomic mass is 19.1. The van der Waals surface area contributed by atoms with Crippen molar-refractivity contribution in [2.75, 3.05) is 13.1 Å². The first-order valence-corrected chi connectivity index (χ1v) is 5.74. The number of carboxylic acid groups (broad SMARTS) is 1. The van der Waals surface area contributed by atoms with Crippen LogP contribution in [0.1, 0.15) is 17.5 Å². The van der Waals surface area contributed by atoms with E-state index < -0.39 is 11.8 Å². The first-order chi connectivity index (χ1) is 8.61. The number of nitrogens with zero attached hydrogens (tertiary/aromatic N) is 2. The highest BCUT2D eigenvalue weighted by Gasteiger charge is 2.28. The third-order valence-corrected chi connectivity index (χ3v) is 3.21. The molecule has 0 radical (unpaired) electrons. The van der Waals surface area contributed by atoms with Crippen LogP contribution in [0.2, 0.25) is 0 Å². The maximum Gasteiger partial charge on any atom is 0.307 e. The number of likely N-dealkylation sites (tertiary alicyclic amines) is 1. The second kappa shape index (κ2) is 5.15. The maximum absolute atomic E-state index is 13.8. The number of hydrogen-bond acceptors (Lipinski definition) is 3. The van der Waals surface area contributed by atoms with Crippen molar-refractivity contribution in [3.05, 3.63) is 35.1 Å². The summed E-state index contributed by atoms with van der Waals surface area (Å²) in [6, 6.07) is 6.50. The molecule has 5 heteroatoms. The van der Waals surface area contributed by atoms with E-state index in [9.17, 15) is 9.18 Å². The van der Waals surface area contributed by atoms with Gasteiger partial charge >= 0.3 is 5.97 Å². The Morgan fingerprint density at radius 2 is 2.39 bits per heavy atom. The molecule has 94 valence electrons. The van der Waals surface area contributed by atoms with Crippen LogP contribution < -0.4 is 0 Å². The van der Waals surface area contributed by atoms with Crippen molar-refractivity contribution >= 4 is 5.97 Å². The van der Waals surface area contributed by atoms with Gasteiger partial charge < -0.3 is 5.11 Å². The first kappa shape index (κ1) is 12.5. The second-order valence-corrected chi connectivity index (χ2v) is 4.45. The summed E-state index contributed by atoms with van der Waals surface area (Å²) in [4.78, 5) is 12.7. The van der Waals surface area contributed by atoms with Crippen molar-refractivity contribution in [3.63, 3.8) is 0 Å². The van der Waals surface area contributed by atoms with Gasteiger partial charge in [-0.15, -0.1) is 0 Å². The van der Waals surface area contributed by atoms with E-state index in [-0.39, 0.29) is 11.5 Å². The Bertz CT molecular complexity index is 510. The standard InChI is InChI=1S/C13H13FN2O2/c14-12-9(6-15)2-1-3-10(12)7-16-5-4-11(8-16)13(17)18/h1-3,11H,4-5,7-8H2,(H,17,18). The lowest BCUT2D eigenvalue weighted by Crippen LogP contribution is -2.23. The highest BCUT2D eigenvalue weighted by molar-refractivity contribution is 5.70. The maximum atomic E-state index is 13.8. The zero-order chi connectivity index (χ0) is 13.1. The van der Waals surface area contributed by atoms with Crippen LogP contribution in [0.5, 0.6) is 0 Å². The van der Waals surface area contributed by atoms with E-state index in [1.54, 1.807) is 18.2 Å². The van der Waals surface area contributed by atoms with Gasteiger partial charge in [0.2, 0.25) is 0 Å². The van der Waals surface area contributed by atoms with Crippen LogP contribution >= 0.6 is 0 Å². The van der Waals surface area contributed by atoms with Gasteiger partial charge in [-0.2, -0.15) is 5.26 Å². The summed E-state index contributed by atoms with van der Waals surface area (Å²) in [7, 11) is 0. The summed E-state index contributed by atoms with van der Waals surface area (Å²) in [5, 5.41) is 17.6. The molecule has 1 aliphatic heterocycles. The van der Waals surface area contributed by atoms with Crippen LogP contribution in [-0.4, -0.2) is 29.1 Å². The fourth-order valence-corrected chi connectivity index (χ4v) is 2.21. The van der Waals surface area contributed by atoms with Crippen LogP contribution in [0.15, 0.2) is 18.2 Å². The smallest absolute Gasteiger partial charge is 0.307 e. The fraction of sp³-hybridized carbons (Fsp3) is 0.385. The molecule has 1 N–H and O–H groups in total. The fourth-order valence-electron chi connectivity index (χ4n) is 2.21. The third-order valence-electron chi connectivity index (χ3n) is 3.21. The Labute approximate surface area is 104 Å². The van der Waals surface area contributed by atoms with E-state index in [0.29, 0.717) is 31.6 Å². The second-order valence-electron chi connectivity index (χ2n) is 4.45. The number of rotatable bonds is 3. The summed E-state index contributed by atoms with van der Waals surface area (Å²) < 4.78 is 13.8. The predicted octanol–water partition coefficient (Wildman–Crippen LogP) is 1.60. The molecule has 1 unspecified atom stereocenters. The summed E-state index contributed by atoms with van der Waals surface area (Å²) in [6.07, 6.45) is 0.592. The molecule has 0 amide bonds. The van der Waals surface area contributed by atoms with E-state index >= 15 is 0 Å². The SMILES string of the molecule is N#Cc1cccc(CN2CCC(C(=O)O)C2)c1F. The van der Waals surface area contributed by atoms with E-state index in [1.807, 2.05) is 4.90 Å². The van der Waals surface area contributed by atoms with Crippen LogP contribution in [0.25, 0.3) is 0 Å². The molecule has 1 aromatic carbocycles. The Morgan fingerprint density at radius 1 is 1.61 bits per heavy atom. The highest BCUT2D eigenvalue weighted by Crippen LogP contribution is 2.21. The molecule has 1 aromatic rings. The summed E-state index contributed by atoms with van der Waals surface area (Å²) in [6.45, 7) is 1.43. The average molecular weight is 248 g/mol. The van der Waals surface area contributed by atoms with Gasteiger partial charge in [-0.25, -0.2) is 4.39 Å². The number of benzene rings is 1. The Balaban J connectivity index is 2.08. The Morgan fingerprint density at radius 3 is 3.00 bits per heavy atom. The van der Waals surface area contributed by atoms with Gasteiger partial charge in [0.05, 0.1) is 11.5 Å². The largest absolute Gasteiger partial charge is 0.481 e. The molecule has 1 saturated heterocycles. The number of nitriles is 1. The number of hydrogen-bond donors (Lipinski definition) is 1. The molecule has 1 heterocycles. The van der Waals surface area contributed by atoms with Crippen molar-refractivity contribution < 1.29 is 14.3 Å². The quantitative estimate of drug-likeness (QED) is 0.882. The zero-order valence-electron chi connectivity index (χ0n) is 9.77. The molecule has 2 rings (SSSR count). The third kappa shape index (κ3) is 2.49. The number of aliphatic carboxylic acids is 1. The Kier molecular flexibility index (Phi) is 3.58. The van der Waals surface area contributed by atoms with Gasteiger partial charge in [-0.1, -0.05) is 12.1 Å². The lowest BCUT2D eigenvalue weighted by molar-refractivity contribution is -0.141. The molecule has 4 nitrogen and oxygen atoms in total. The predicted molar refractivity (Wildman–Crippen MR) is 62.1 cm³/mol. The number of carbonyl (C=O) groups is 1. The molecule has 0 aliphatic carbocycles. The molecular weight excluding hydrogens is 235 g/mol. The van der Waals surface area contributed by atoms with Gasteiger partial charge in [0.1, 0.15) is 11.9 Å². The molecule has 0 aromatic heterocycles. The van der Waals surface area contributed by atoms with Crippen LogP contribution in [0, 0.1) is 23.1 Å². The molecule has 1 atom stereocenters. The van der Waals surface area contributed by atoms with Gasteiger partial charge in [0.25, 0.3) is 0 Å². The Hall–Kier alpha value is -1.93. The van der Waals surface area contributed by atoms with Gasteiger partial charge in [-0.05, 0) is 19.0 Å². The van der Waals surface area contributed by atoms with Crippen LogP contribution in [0.3, 0.4) is 0 Å². The summed E-state index contributed by atoms with van der Waals surface area (Å²) in [5.74, 6) is -1.67. The van der Waals surface area contributed by atoms with Crippen LogP contribution in [-0.2, 0) is 11.3 Å². The lowest BCUT2D eigenvalue weighted by Gasteiger charge is -2.15. The topological polar surface area (TPSA) is 64.3 Å². The number of carboxylic acids is 1. The molecule has 1 aliphatic rings. The molecule has 0 bridgehead atoms. The minimum absolute atomic E-state index is 0.0291. The summed E-state index contributed by atoms with van der Waals surface area (Å²) in [5.41, 5.74) is 0.474. The molecule has 18 heavy (non-hydrogen) atoms. The van der Waals surface area contributed by atoms with E-state index in [1.165, 1.54) is 6.07 Å². The minimum atomic E-state index is -0.802. The van der Waals surface area contributed by atoms with Crippen molar-refractivity contribution in [2.45, 2.75) is 13.0 Å². The van der Waals surface area contributed by atoms with Crippen LogP contribution in [0.4, 0.5) is 4.39 Å². The van der Waals surface area contributed by atoms with E-state index in [4.69, 9.17) is 10.4 Å². The van der Waals surface area contributed by atoms with Gasteiger partial charge in [0.15, 0.2) is 0 Å². The van der Waals surface area contributed by atoms with E-state index in [2.05, 4.69) is 0 Å². The zero-order valence-corrected chi connectivity index (χ0v) is 9.77. The average Bonchev–Trinajstić information content (AvgIpc) is 2.80. The minimum Gasteiger partial charge on any atom is -0.481 e. The lowest BCUT2D eigenvalue weighted by atomic mass is 10.1. The monoisotopic (exact) mass is 248 g/mol. The van der Waals surface area contributed by atoms with Gasteiger partial charge in [0, 0.05) is 18.7 Å². The summed E-state index contributed by atoms with van der Waals surface area (Å²) >= 11 is 0. The first-order valence-electron chi connectivity index (χ1n) is 5.74. The molecule has 0 saturated carbocycles. The van der Waals surface area contributed by atoms with Crippen molar-refractivity contribution in [3.8, 4) is 6.07 Å². The molecule has 1 fully saturated rings. The normalized spacial score (nSPS) is 19.7. The van der Waals surface area contributed by atoms with Crippen molar-refractivity contribution in [1.29, 1.82) is 5.26 Å². The molecule has 0 spiro atoms. The van der Waals surface area contributed by atoms with Gasteiger partial charge in [-0.3, -0.25) is 9.69 Å².